The Hall–Kier alpha value is -0.610. The van der Waals surface area contributed by atoms with Crippen LogP contribution in [0.25, 0.3) is 0 Å². The summed E-state index contributed by atoms with van der Waals surface area (Å²) in [6.07, 6.45) is 9.19. The number of carbonyl (C=O) groups is 1. The summed E-state index contributed by atoms with van der Waals surface area (Å²) in [5.74, 6) is 2.36. The molecule has 28 heavy (non-hydrogen) atoms. The van der Waals surface area contributed by atoms with E-state index in [1.807, 2.05) is 0 Å². The van der Waals surface area contributed by atoms with E-state index in [0.717, 1.165) is 32.1 Å². The van der Waals surface area contributed by atoms with Crippen LogP contribution in [0.1, 0.15) is 85.0 Å². The lowest BCUT2D eigenvalue weighted by atomic mass is 9.43. The van der Waals surface area contributed by atoms with Crippen LogP contribution in [0.4, 0.5) is 0 Å². The summed E-state index contributed by atoms with van der Waals surface area (Å²) < 4.78 is 0. The molecule has 4 aliphatic rings. The highest BCUT2D eigenvalue weighted by molar-refractivity contribution is 5.66. The van der Waals surface area contributed by atoms with E-state index in [4.69, 9.17) is 5.11 Å². The van der Waals surface area contributed by atoms with E-state index < -0.39 is 5.97 Å². The highest BCUT2D eigenvalue weighted by atomic mass is 16.4. The Morgan fingerprint density at radius 1 is 1.00 bits per heavy atom. The first-order valence-electron chi connectivity index (χ1n) is 11.7. The Labute approximate surface area is 170 Å². The molecule has 3 N–H and O–H groups in total. The number of fused-ring (bicyclic) bond motifs is 5. The predicted molar refractivity (Wildman–Crippen MR) is 109 cm³/mol. The number of hydrogen-bond donors (Lipinski definition) is 3. The zero-order valence-electron chi connectivity index (χ0n) is 17.9. The molecule has 0 amide bonds. The third-order valence-electron chi connectivity index (χ3n) is 10.2. The molecule has 160 valence electrons. The van der Waals surface area contributed by atoms with Gasteiger partial charge in [-0.2, -0.15) is 0 Å². The van der Waals surface area contributed by atoms with Gasteiger partial charge in [0.25, 0.3) is 0 Å². The lowest BCUT2D eigenvalue weighted by Gasteiger charge is -2.62. The predicted octanol–water partition coefficient (Wildman–Crippen LogP) is 4.48. The molecule has 4 heteroatoms. The van der Waals surface area contributed by atoms with Gasteiger partial charge in [0.05, 0.1) is 12.2 Å². The molecule has 10 atom stereocenters. The molecule has 0 unspecified atom stereocenters. The van der Waals surface area contributed by atoms with Gasteiger partial charge in [0.1, 0.15) is 0 Å². The maximum atomic E-state index is 11.2. The molecule has 4 aliphatic carbocycles. The average Bonchev–Trinajstić information content (AvgIpc) is 2.98. The van der Waals surface area contributed by atoms with Gasteiger partial charge < -0.3 is 15.3 Å². The molecule has 0 saturated heterocycles. The first-order chi connectivity index (χ1) is 13.2. The smallest absolute Gasteiger partial charge is 0.303 e. The molecule has 0 radical (unpaired) electrons. The minimum absolute atomic E-state index is 0.179. The number of carboxylic acid groups (broad SMARTS) is 1. The highest BCUT2D eigenvalue weighted by Crippen LogP contribution is 2.68. The normalized spacial score (nSPS) is 51.7. The summed E-state index contributed by atoms with van der Waals surface area (Å²) in [4.78, 5) is 11.1. The van der Waals surface area contributed by atoms with E-state index in [1.54, 1.807) is 0 Å². The quantitative estimate of drug-likeness (QED) is 0.659. The monoisotopic (exact) mass is 392 g/mol. The van der Waals surface area contributed by atoms with Crippen molar-refractivity contribution >= 4 is 5.97 Å². The molecule has 0 aromatic carbocycles. The molecule has 4 saturated carbocycles. The second-order valence-electron chi connectivity index (χ2n) is 11.4. The van der Waals surface area contributed by atoms with Crippen molar-refractivity contribution < 1.29 is 20.1 Å². The molecular weight excluding hydrogens is 352 g/mol. The fourth-order valence-electron chi connectivity index (χ4n) is 8.73. The van der Waals surface area contributed by atoms with E-state index >= 15 is 0 Å². The third-order valence-corrected chi connectivity index (χ3v) is 10.2. The molecule has 4 fully saturated rings. The average molecular weight is 393 g/mol. The second-order valence-corrected chi connectivity index (χ2v) is 11.4. The minimum atomic E-state index is -0.684. The van der Waals surface area contributed by atoms with Crippen LogP contribution in [-0.2, 0) is 4.79 Å². The second kappa shape index (κ2) is 7.27. The molecular formula is C24H40O4. The number of hydrogen-bond acceptors (Lipinski definition) is 3. The summed E-state index contributed by atoms with van der Waals surface area (Å²) >= 11 is 0. The van der Waals surface area contributed by atoms with Gasteiger partial charge in [-0.05, 0) is 104 Å². The number of rotatable bonds is 4. The number of carboxylic acids is 1. The first-order valence-corrected chi connectivity index (χ1v) is 11.7. The van der Waals surface area contributed by atoms with Gasteiger partial charge in [-0.15, -0.1) is 0 Å². The van der Waals surface area contributed by atoms with Crippen molar-refractivity contribution in [3.63, 3.8) is 0 Å². The van der Waals surface area contributed by atoms with Gasteiger partial charge in [0, 0.05) is 6.42 Å². The summed E-state index contributed by atoms with van der Waals surface area (Å²) in [5, 5.41) is 30.5. The molecule has 0 aromatic rings. The van der Waals surface area contributed by atoms with E-state index in [1.165, 1.54) is 25.7 Å². The van der Waals surface area contributed by atoms with Crippen LogP contribution in [0.5, 0.6) is 0 Å². The van der Waals surface area contributed by atoms with Crippen LogP contribution in [0, 0.1) is 46.3 Å². The van der Waals surface area contributed by atoms with Gasteiger partial charge in [0.15, 0.2) is 0 Å². The van der Waals surface area contributed by atoms with Crippen LogP contribution in [0.2, 0.25) is 0 Å². The summed E-state index contributed by atoms with van der Waals surface area (Å²) in [7, 11) is 0. The van der Waals surface area contributed by atoms with Crippen LogP contribution >= 0.6 is 0 Å². The SMILES string of the molecule is C[C@H](CCC(=O)O)[C@@H]1CC[C@@H]2[C@H]3[C@H](O)C[C@@H]4C[C@H](O)CC[C@]4(C)[C@H]3CC[C@@]21C. The van der Waals surface area contributed by atoms with Crippen molar-refractivity contribution in [2.75, 3.05) is 0 Å². The molecule has 0 aliphatic heterocycles. The van der Waals surface area contributed by atoms with Gasteiger partial charge in [-0.3, -0.25) is 4.79 Å². The number of aliphatic hydroxyl groups excluding tert-OH is 2. The highest BCUT2D eigenvalue weighted by Gasteiger charge is 2.62. The zero-order valence-corrected chi connectivity index (χ0v) is 17.9. The Morgan fingerprint density at radius 2 is 1.68 bits per heavy atom. The van der Waals surface area contributed by atoms with E-state index in [9.17, 15) is 15.0 Å². The Balaban J connectivity index is 1.55. The van der Waals surface area contributed by atoms with Crippen molar-refractivity contribution in [1.82, 2.24) is 0 Å². The topological polar surface area (TPSA) is 77.8 Å². The summed E-state index contributed by atoms with van der Waals surface area (Å²) in [5.41, 5.74) is 0.523. The Morgan fingerprint density at radius 3 is 2.39 bits per heavy atom. The fourth-order valence-corrected chi connectivity index (χ4v) is 8.73. The molecule has 4 rings (SSSR count). The van der Waals surface area contributed by atoms with Crippen LogP contribution in [-0.4, -0.2) is 33.5 Å². The van der Waals surface area contributed by atoms with Gasteiger partial charge in [-0.1, -0.05) is 20.8 Å². The van der Waals surface area contributed by atoms with Gasteiger partial charge in [0.2, 0.25) is 0 Å². The van der Waals surface area contributed by atoms with E-state index in [0.29, 0.717) is 35.5 Å². The van der Waals surface area contributed by atoms with Crippen LogP contribution < -0.4 is 0 Å². The van der Waals surface area contributed by atoms with Crippen molar-refractivity contribution in [2.45, 2.75) is 97.2 Å². The zero-order chi connectivity index (χ0) is 20.3. The first kappa shape index (κ1) is 20.7. The lowest BCUT2D eigenvalue weighted by Crippen LogP contribution is -2.58. The summed E-state index contributed by atoms with van der Waals surface area (Å²) in [6, 6.07) is 0. The molecule has 0 heterocycles. The lowest BCUT2D eigenvalue weighted by molar-refractivity contribution is -0.174. The Kier molecular flexibility index (Phi) is 5.36. The van der Waals surface area contributed by atoms with Crippen molar-refractivity contribution in [2.24, 2.45) is 46.3 Å². The van der Waals surface area contributed by atoms with E-state index in [2.05, 4.69) is 20.8 Å². The molecule has 4 nitrogen and oxygen atoms in total. The van der Waals surface area contributed by atoms with E-state index in [-0.39, 0.29) is 29.5 Å². The van der Waals surface area contributed by atoms with Crippen molar-refractivity contribution in [1.29, 1.82) is 0 Å². The molecule has 0 bridgehead atoms. The molecule has 0 aromatic heterocycles. The maximum Gasteiger partial charge on any atom is 0.303 e. The summed E-state index contributed by atoms with van der Waals surface area (Å²) in [6.45, 7) is 7.16. The Bertz CT molecular complexity index is 605. The fraction of sp³-hybridized carbons (Fsp3) is 0.958. The largest absolute Gasteiger partial charge is 0.481 e. The number of aliphatic hydroxyl groups is 2. The van der Waals surface area contributed by atoms with Gasteiger partial charge >= 0.3 is 5.97 Å². The molecule has 0 spiro atoms. The maximum absolute atomic E-state index is 11.2. The van der Waals surface area contributed by atoms with Gasteiger partial charge in [-0.25, -0.2) is 0 Å². The van der Waals surface area contributed by atoms with Crippen molar-refractivity contribution in [3.05, 3.63) is 0 Å². The van der Waals surface area contributed by atoms with Crippen LogP contribution in [0.15, 0.2) is 0 Å². The van der Waals surface area contributed by atoms with Crippen molar-refractivity contribution in [3.8, 4) is 0 Å². The van der Waals surface area contributed by atoms with Crippen LogP contribution in [0.3, 0.4) is 0 Å². The number of aliphatic carboxylic acids is 1. The third kappa shape index (κ3) is 3.14. The minimum Gasteiger partial charge on any atom is -0.481 e. The standard InChI is InChI=1S/C24H40O4/c1-14(4-7-21(27)28)17-5-6-18-22-19(9-11-24(17,18)3)23(2)10-8-16(25)12-15(23)13-20(22)26/h14-20,22,25-26H,4-13H2,1-3H3,(H,27,28)/t14-,15+,16-,17+,18-,19+,20-,22-,23+,24-/m1/s1.